The van der Waals surface area contributed by atoms with Gasteiger partial charge < -0.3 is 10.1 Å². The van der Waals surface area contributed by atoms with Crippen molar-refractivity contribution in [1.29, 1.82) is 0 Å². The molecule has 138 valence electrons. The zero-order chi connectivity index (χ0) is 19.5. The van der Waals surface area contributed by atoms with Crippen LogP contribution in [-0.4, -0.2) is 32.7 Å². The molecule has 0 spiro atoms. The first-order chi connectivity index (χ1) is 12.1. The molecular weight excluding hydrogens is 378 g/mol. The van der Waals surface area contributed by atoms with Crippen LogP contribution in [0.4, 0.5) is 5.69 Å². The van der Waals surface area contributed by atoms with Crippen molar-refractivity contribution in [3.8, 4) is 0 Å². The standard InChI is InChI=1S/C18H18ClNO5S/c1-11-14(19)8-6-9-15(11)20-17(21)12(2)25-18(22)13-7-4-5-10-16(13)26(3,23)24/h4-10,12H,1-3H3,(H,20,21)/t12-/m1/s1. The van der Waals surface area contributed by atoms with E-state index in [4.69, 9.17) is 16.3 Å². The quantitative estimate of drug-likeness (QED) is 0.785. The number of sulfone groups is 1. The van der Waals surface area contributed by atoms with Gasteiger partial charge in [-0.1, -0.05) is 29.8 Å². The van der Waals surface area contributed by atoms with Crippen LogP contribution in [0.3, 0.4) is 0 Å². The van der Waals surface area contributed by atoms with Crippen molar-refractivity contribution in [2.24, 2.45) is 0 Å². The van der Waals surface area contributed by atoms with Gasteiger partial charge >= 0.3 is 5.97 Å². The molecule has 0 saturated heterocycles. The van der Waals surface area contributed by atoms with Crippen LogP contribution < -0.4 is 5.32 Å². The summed E-state index contributed by atoms with van der Waals surface area (Å²) in [5, 5.41) is 3.13. The molecule has 1 N–H and O–H groups in total. The van der Waals surface area contributed by atoms with Crippen LogP contribution in [0.25, 0.3) is 0 Å². The summed E-state index contributed by atoms with van der Waals surface area (Å²) < 4.78 is 28.7. The van der Waals surface area contributed by atoms with Crippen molar-refractivity contribution in [1.82, 2.24) is 0 Å². The Labute approximate surface area is 157 Å². The second-order valence-electron chi connectivity index (χ2n) is 5.72. The lowest BCUT2D eigenvalue weighted by Crippen LogP contribution is -2.30. The number of rotatable bonds is 5. The molecule has 2 aromatic carbocycles. The van der Waals surface area contributed by atoms with Gasteiger partial charge in [-0.3, -0.25) is 4.79 Å². The lowest BCUT2D eigenvalue weighted by Gasteiger charge is -2.16. The fourth-order valence-corrected chi connectivity index (χ4v) is 3.26. The Balaban J connectivity index is 2.15. The van der Waals surface area contributed by atoms with Crippen LogP contribution in [0, 0.1) is 6.92 Å². The topological polar surface area (TPSA) is 89.5 Å². The van der Waals surface area contributed by atoms with E-state index in [1.807, 2.05) is 0 Å². The maximum absolute atomic E-state index is 12.3. The molecule has 2 rings (SSSR count). The summed E-state index contributed by atoms with van der Waals surface area (Å²) in [6.07, 6.45) is -0.134. The third-order valence-electron chi connectivity index (χ3n) is 3.69. The minimum atomic E-state index is -3.61. The van der Waals surface area contributed by atoms with Gasteiger partial charge in [-0.15, -0.1) is 0 Å². The highest BCUT2D eigenvalue weighted by molar-refractivity contribution is 7.90. The number of carbonyl (C=O) groups excluding carboxylic acids is 2. The largest absolute Gasteiger partial charge is 0.449 e. The zero-order valence-corrected chi connectivity index (χ0v) is 16.0. The van der Waals surface area contributed by atoms with Gasteiger partial charge in [0.25, 0.3) is 5.91 Å². The maximum Gasteiger partial charge on any atom is 0.340 e. The van der Waals surface area contributed by atoms with Crippen LogP contribution in [0.1, 0.15) is 22.8 Å². The van der Waals surface area contributed by atoms with Gasteiger partial charge in [0, 0.05) is 17.0 Å². The van der Waals surface area contributed by atoms with E-state index < -0.39 is 27.8 Å². The van der Waals surface area contributed by atoms with Crippen LogP contribution in [-0.2, 0) is 19.4 Å². The van der Waals surface area contributed by atoms with Gasteiger partial charge in [0.15, 0.2) is 15.9 Å². The Bertz CT molecular complexity index is 956. The van der Waals surface area contributed by atoms with Crippen LogP contribution in [0.5, 0.6) is 0 Å². The first kappa shape index (κ1) is 19.9. The number of benzene rings is 2. The van der Waals surface area contributed by atoms with E-state index >= 15 is 0 Å². The van der Waals surface area contributed by atoms with Crippen LogP contribution in [0.2, 0.25) is 5.02 Å². The fraction of sp³-hybridized carbons (Fsp3) is 0.222. The highest BCUT2D eigenvalue weighted by Crippen LogP contribution is 2.23. The van der Waals surface area contributed by atoms with Crippen molar-refractivity contribution in [3.05, 3.63) is 58.6 Å². The molecule has 0 aliphatic carbocycles. The number of hydrogen-bond donors (Lipinski definition) is 1. The lowest BCUT2D eigenvalue weighted by molar-refractivity contribution is -0.123. The highest BCUT2D eigenvalue weighted by Gasteiger charge is 2.24. The average molecular weight is 396 g/mol. The Morgan fingerprint density at radius 3 is 2.42 bits per heavy atom. The van der Waals surface area contributed by atoms with E-state index in [9.17, 15) is 18.0 Å². The van der Waals surface area contributed by atoms with Crippen molar-refractivity contribution < 1.29 is 22.7 Å². The Morgan fingerprint density at radius 1 is 1.12 bits per heavy atom. The monoisotopic (exact) mass is 395 g/mol. The molecule has 0 saturated carbocycles. The number of hydrogen-bond acceptors (Lipinski definition) is 5. The van der Waals surface area contributed by atoms with E-state index in [2.05, 4.69) is 5.32 Å². The maximum atomic E-state index is 12.3. The first-order valence-corrected chi connectivity index (χ1v) is 9.94. The molecule has 0 heterocycles. The van der Waals surface area contributed by atoms with Crippen molar-refractivity contribution in [3.63, 3.8) is 0 Å². The van der Waals surface area contributed by atoms with Gasteiger partial charge in [-0.2, -0.15) is 0 Å². The SMILES string of the molecule is Cc1c(Cl)cccc1NC(=O)[C@@H](C)OC(=O)c1ccccc1S(C)(=O)=O. The molecule has 0 unspecified atom stereocenters. The smallest absolute Gasteiger partial charge is 0.340 e. The molecule has 26 heavy (non-hydrogen) atoms. The molecule has 0 bridgehead atoms. The number of nitrogens with one attached hydrogen (secondary N) is 1. The number of ether oxygens (including phenoxy) is 1. The summed E-state index contributed by atoms with van der Waals surface area (Å²) in [4.78, 5) is 24.4. The summed E-state index contributed by atoms with van der Waals surface area (Å²) in [7, 11) is -3.61. The van der Waals surface area contributed by atoms with E-state index in [0.717, 1.165) is 6.26 Å². The predicted octanol–water partition coefficient (Wildman–Crippen LogP) is 3.24. The molecule has 0 radical (unpaired) electrons. The Hall–Kier alpha value is -2.38. The third-order valence-corrected chi connectivity index (χ3v) is 5.25. The van der Waals surface area contributed by atoms with Crippen molar-refractivity contribution >= 4 is 39.0 Å². The summed E-state index contributed by atoms with van der Waals surface area (Å²) >= 11 is 6.01. The molecule has 0 fully saturated rings. The minimum Gasteiger partial charge on any atom is -0.449 e. The highest BCUT2D eigenvalue weighted by atomic mass is 35.5. The minimum absolute atomic E-state index is 0.117. The zero-order valence-electron chi connectivity index (χ0n) is 14.4. The summed E-state index contributed by atoms with van der Waals surface area (Å²) in [5.41, 5.74) is 1.07. The van der Waals surface area contributed by atoms with E-state index in [1.54, 1.807) is 25.1 Å². The number of esters is 1. The second kappa shape index (κ2) is 7.88. The Kier molecular flexibility index (Phi) is 6.05. The average Bonchev–Trinajstić information content (AvgIpc) is 2.58. The summed E-state index contributed by atoms with van der Waals surface area (Å²) in [6.45, 7) is 3.15. The normalized spacial score (nSPS) is 12.3. The second-order valence-corrected chi connectivity index (χ2v) is 8.11. The van der Waals surface area contributed by atoms with Crippen LogP contribution in [0.15, 0.2) is 47.4 Å². The Morgan fingerprint density at radius 2 is 1.77 bits per heavy atom. The molecular formula is C18H18ClNO5S. The fourth-order valence-electron chi connectivity index (χ4n) is 2.21. The van der Waals surface area contributed by atoms with Gasteiger partial charge in [-0.25, -0.2) is 13.2 Å². The molecule has 0 aromatic heterocycles. The van der Waals surface area contributed by atoms with E-state index in [0.29, 0.717) is 16.3 Å². The molecule has 1 amide bonds. The predicted molar refractivity (Wildman–Crippen MR) is 99.2 cm³/mol. The van der Waals surface area contributed by atoms with Gasteiger partial charge in [0.05, 0.1) is 10.5 Å². The van der Waals surface area contributed by atoms with Crippen molar-refractivity contribution in [2.75, 3.05) is 11.6 Å². The molecule has 0 aliphatic rings. The van der Waals surface area contributed by atoms with Crippen LogP contribution >= 0.6 is 11.6 Å². The van der Waals surface area contributed by atoms with Gasteiger partial charge in [0.1, 0.15) is 0 Å². The van der Waals surface area contributed by atoms with Crippen molar-refractivity contribution in [2.45, 2.75) is 24.8 Å². The number of amides is 1. The number of anilines is 1. The first-order valence-electron chi connectivity index (χ1n) is 7.67. The molecule has 2 aromatic rings. The summed E-state index contributed by atoms with van der Waals surface area (Å²) in [5.74, 6) is -1.45. The molecule has 0 aliphatic heterocycles. The van der Waals surface area contributed by atoms with Gasteiger partial charge in [-0.05, 0) is 43.7 Å². The van der Waals surface area contributed by atoms with E-state index in [-0.39, 0.29) is 10.5 Å². The molecule has 6 nitrogen and oxygen atoms in total. The number of carbonyl (C=O) groups is 2. The summed E-state index contributed by atoms with van der Waals surface area (Å²) in [6, 6.07) is 10.7. The van der Waals surface area contributed by atoms with Gasteiger partial charge in [0.2, 0.25) is 0 Å². The lowest BCUT2D eigenvalue weighted by atomic mass is 10.2. The molecule has 1 atom stereocenters. The molecule has 8 heteroatoms. The third kappa shape index (κ3) is 4.62. The number of halogens is 1. The van der Waals surface area contributed by atoms with E-state index in [1.165, 1.54) is 31.2 Å².